The third kappa shape index (κ3) is 2.77. The van der Waals surface area contributed by atoms with Crippen LogP contribution < -0.4 is 9.47 Å². The number of hydrogen-bond donors (Lipinski definition) is 0. The van der Waals surface area contributed by atoms with Crippen LogP contribution in [0.15, 0.2) is 46.4 Å². The van der Waals surface area contributed by atoms with Gasteiger partial charge in [0, 0.05) is 17.0 Å². The molecule has 0 saturated carbocycles. The zero-order valence-corrected chi connectivity index (χ0v) is 13.4. The molecule has 1 aromatic carbocycles. The number of thiazole rings is 1. The van der Waals surface area contributed by atoms with Crippen LogP contribution in [0.1, 0.15) is 10.8 Å². The van der Waals surface area contributed by atoms with Crippen molar-refractivity contribution in [3.63, 3.8) is 0 Å². The van der Waals surface area contributed by atoms with E-state index < -0.39 is 0 Å². The topological polar surface area (TPSA) is 68.3 Å². The Kier molecular flexibility index (Phi) is 3.77. The zero-order valence-electron chi connectivity index (χ0n) is 12.6. The highest BCUT2D eigenvalue weighted by Crippen LogP contribution is 2.35. The molecule has 1 aliphatic heterocycles. The monoisotopic (exact) mass is 336 g/mol. The van der Waals surface area contributed by atoms with E-state index in [1.54, 1.807) is 24.5 Å². The third-order valence-corrected chi connectivity index (χ3v) is 4.40. The number of furan rings is 1. The fraction of sp³-hybridized carbons (Fsp3) is 0.111. The molecule has 4 rings (SSSR count). The van der Waals surface area contributed by atoms with Crippen molar-refractivity contribution >= 4 is 23.0 Å². The summed E-state index contributed by atoms with van der Waals surface area (Å²) in [7, 11) is 0. The maximum atomic E-state index is 9.39. The van der Waals surface area contributed by atoms with E-state index in [4.69, 9.17) is 13.9 Å². The van der Waals surface area contributed by atoms with Crippen molar-refractivity contribution in [3.05, 3.63) is 52.7 Å². The predicted octanol–water partition coefficient (Wildman–Crippen LogP) is 4.24. The van der Waals surface area contributed by atoms with E-state index in [-0.39, 0.29) is 0 Å². The molecule has 6 heteroatoms. The molecule has 0 radical (unpaired) electrons. The van der Waals surface area contributed by atoms with E-state index in [1.807, 2.05) is 23.6 Å². The minimum atomic E-state index is 0.471. The third-order valence-electron chi connectivity index (χ3n) is 3.52. The number of fused-ring (bicyclic) bond motifs is 1. The first-order valence-corrected chi connectivity index (χ1v) is 8.23. The molecule has 0 spiro atoms. The summed E-state index contributed by atoms with van der Waals surface area (Å²) in [5.74, 6) is 2.10. The van der Waals surface area contributed by atoms with E-state index in [2.05, 4.69) is 11.1 Å². The molecular weight excluding hydrogens is 324 g/mol. The molecule has 5 nitrogen and oxygen atoms in total. The van der Waals surface area contributed by atoms with Gasteiger partial charge in [0.1, 0.15) is 30.1 Å². The van der Waals surface area contributed by atoms with Gasteiger partial charge in [0.15, 0.2) is 11.5 Å². The van der Waals surface area contributed by atoms with Crippen LogP contribution in [-0.4, -0.2) is 18.2 Å². The predicted molar refractivity (Wildman–Crippen MR) is 90.7 cm³/mol. The van der Waals surface area contributed by atoms with E-state index >= 15 is 0 Å². The minimum absolute atomic E-state index is 0.471. The first-order valence-electron chi connectivity index (χ1n) is 7.35. The van der Waals surface area contributed by atoms with Crippen LogP contribution in [0.4, 0.5) is 0 Å². The summed E-state index contributed by atoms with van der Waals surface area (Å²) < 4.78 is 16.4. The standard InChI is InChI=1S/C18H12N2O3S/c19-10-13(8-14-2-1-5-21-14)18-20-15(11-24-18)12-3-4-16-17(9-12)23-7-6-22-16/h1-5,8-9,11H,6-7H2. The average Bonchev–Trinajstić information content (AvgIpc) is 3.31. The molecule has 1 aliphatic rings. The lowest BCUT2D eigenvalue weighted by Crippen LogP contribution is -2.15. The number of hydrogen-bond acceptors (Lipinski definition) is 6. The SMILES string of the molecule is N#CC(=Cc1ccco1)c1nc(-c2ccc3c(c2)OCCO3)cs1. The Hall–Kier alpha value is -3.04. The van der Waals surface area contributed by atoms with Crippen molar-refractivity contribution in [1.29, 1.82) is 5.26 Å². The highest BCUT2D eigenvalue weighted by Gasteiger charge is 2.15. The molecule has 0 aliphatic carbocycles. The molecular formula is C18H12N2O3S. The molecule has 2 aromatic heterocycles. The van der Waals surface area contributed by atoms with Crippen molar-refractivity contribution in [1.82, 2.24) is 4.98 Å². The minimum Gasteiger partial charge on any atom is -0.486 e. The van der Waals surface area contributed by atoms with Crippen LogP contribution in [0.3, 0.4) is 0 Å². The second kappa shape index (κ2) is 6.22. The molecule has 0 unspecified atom stereocenters. The maximum Gasteiger partial charge on any atom is 0.162 e. The average molecular weight is 336 g/mol. The summed E-state index contributed by atoms with van der Waals surface area (Å²) in [6.45, 7) is 1.11. The number of nitriles is 1. The second-order valence-corrected chi connectivity index (χ2v) is 5.94. The van der Waals surface area contributed by atoms with Gasteiger partial charge in [-0.05, 0) is 30.3 Å². The normalized spacial score (nSPS) is 13.5. The van der Waals surface area contributed by atoms with Gasteiger partial charge in [-0.15, -0.1) is 11.3 Å². The first kappa shape index (κ1) is 14.5. The second-order valence-electron chi connectivity index (χ2n) is 5.08. The lowest BCUT2D eigenvalue weighted by Gasteiger charge is -2.18. The van der Waals surface area contributed by atoms with Crippen molar-refractivity contribution in [2.45, 2.75) is 0 Å². The lowest BCUT2D eigenvalue weighted by molar-refractivity contribution is 0.171. The molecule has 0 N–H and O–H groups in total. The van der Waals surface area contributed by atoms with Gasteiger partial charge in [0.25, 0.3) is 0 Å². The molecule has 0 atom stereocenters. The Morgan fingerprint density at radius 3 is 2.88 bits per heavy atom. The van der Waals surface area contributed by atoms with Gasteiger partial charge >= 0.3 is 0 Å². The number of benzene rings is 1. The van der Waals surface area contributed by atoms with E-state index in [1.165, 1.54) is 11.3 Å². The Bertz CT molecular complexity index is 936. The Balaban J connectivity index is 1.66. The van der Waals surface area contributed by atoms with Crippen LogP contribution in [0, 0.1) is 11.3 Å². The lowest BCUT2D eigenvalue weighted by atomic mass is 10.1. The summed E-state index contributed by atoms with van der Waals surface area (Å²) in [5, 5.41) is 12.0. The number of rotatable bonds is 3. The molecule has 0 amide bonds. The quantitative estimate of drug-likeness (QED) is 0.669. The fourth-order valence-electron chi connectivity index (χ4n) is 2.39. The maximum absolute atomic E-state index is 9.39. The Morgan fingerprint density at radius 2 is 2.08 bits per heavy atom. The fourth-order valence-corrected chi connectivity index (χ4v) is 3.18. The van der Waals surface area contributed by atoms with Crippen molar-refractivity contribution in [2.75, 3.05) is 13.2 Å². The summed E-state index contributed by atoms with van der Waals surface area (Å²) in [6, 6.07) is 11.5. The highest BCUT2D eigenvalue weighted by molar-refractivity contribution is 7.11. The number of nitrogens with zero attached hydrogens (tertiary/aromatic N) is 2. The van der Waals surface area contributed by atoms with Crippen LogP contribution in [-0.2, 0) is 0 Å². The Morgan fingerprint density at radius 1 is 1.21 bits per heavy atom. The van der Waals surface area contributed by atoms with Crippen LogP contribution in [0.2, 0.25) is 0 Å². The number of allylic oxidation sites excluding steroid dienone is 1. The van der Waals surface area contributed by atoms with Gasteiger partial charge in [-0.3, -0.25) is 0 Å². The summed E-state index contributed by atoms with van der Waals surface area (Å²) >= 11 is 1.42. The van der Waals surface area contributed by atoms with Crippen molar-refractivity contribution in [3.8, 4) is 28.8 Å². The molecule has 0 fully saturated rings. The summed E-state index contributed by atoms with van der Waals surface area (Å²) in [6.07, 6.45) is 3.26. The van der Waals surface area contributed by atoms with Crippen molar-refractivity contribution < 1.29 is 13.9 Å². The first-order chi connectivity index (χ1) is 11.8. The van der Waals surface area contributed by atoms with E-state index in [0.29, 0.717) is 29.6 Å². The molecule has 3 heterocycles. The zero-order chi connectivity index (χ0) is 16.4. The van der Waals surface area contributed by atoms with Crippen LogP contribution in [0.25, 0.3) is 22.9 Å². The van der Waals surface area contributed by atoms with Crippen LogP contribution in [0.5, 0.6) is 11.5 Å². The van der Waals surface area contributed by atoms with Gasteiger partial charge < -0.3 is 13.9 Å². The van der Waals surface area contributed by atoms with Gasteiger partial charge in [0.05, 0.1) is 17.5 Å². The van der Waals surface area contributed by atoms with Crippen LogP contribution >= 0.6 is 11.3 Å². The van der Waals surface area contributed by atoms with E-state index in [0.717, 1.165) is 22.8 Å². The molecule has 118 valence electrons. The largest absolute Gasteiger partial charge is 0.486 e. The van der Waals surface area contributed by atoms with Gasteiger partial charge in [-0.2, -0.15) is 5.26 Å². The van der Waals surface area contributed by atoms with Gasteiger partial charge in [-0.1, -0.05) is 0 Å². The summed E-state index contributed by atoms with van der Waals surface area (Å²) in [4.78, 5) is 4.57. The smallest absolute Gasteiger partial charge is 0.162 e. The van der Waals surface area contributed by atoms with Gasteiger partial charge in [-0.25, -0.2) is 4.98 Å². The van der Waals surface area contributed by atoms with E-state index in [9.17, 15) is 5.26 Å². The van der Waals surface area contributed by atoms with Crippen molar-refractivity contribution in [2.24, 2.45) is 0 Å². The van der Waals surface area contributed by atoms with Gasteiger partial charge in [0.2, 0.25) is 0 Å². The highest BCUT2D eigenvalue weighted by atomic mass is 32.1. The molecule has 24 heavy (non-hydrogen) atoms. The molecule has 0 bridgehead atoms. The summed E-state index contributed by atoms with van der Waals surface area (Å²) in [5.41, 5.74) is 2.20. The Labute approximate surface area is 142 Å². The molecule has 0 saturated heterocycles. The molecule has 3 aromatic rings. The number of aromatic nitrogens is 1. The number of ether oxygens (including phenoxy) is 2.